The molecular weight excluding hydrogens is 664 g/mol. The van der Waals surface area contributed by atoms with Crippen LogP contribution in [-0.2, 0) is 17.8 Å². The van der Waals surface area contributed by atoms with E-state index in [0.717, 1.165) is 5.56 Å². The Morgan fingerprint density at radius 3 is 2.37 bits per heavy atom. The number of urea groups is 1. The Bertz CT molecular complexity index is 1920. The molecule has 0 unspecified atom stereocenters. The fourth-order valence-corrected chi connectivity index (χ4v) is 6.24. The van der Waals surface area contributed by atoms with Gasteiger partial charge in [-0.15, -0.1) is 0 Å². The number of likely N-dealkylation sites (N-methyl/N-ethyl adjacent to an activating group) is 1. The summed E-state index contributed by atoms with van der Waals surface area (Å²) in [6.07, 6.45) is -0.289. The zero-order valence-corrected chi connectivity index (χ0v) is 29.4. The largest absolute Gasteiger partial charge is 0.488 e. The monoisotopic (exact) mass is 708 g/mol. The lowest BCUT2D eigenvalue weighted by atomic mass is 10.0. The number of hydrogen-bond acceptors (Lipinski definition) is 9. The van der Waals surface area contributed by atoms with Gasteiger partial charge in [0.25, 0.3) is 5.91 Å². The predicted molar refractivity (Wildman–Crippen MR) is 199 cm³/mol. The number of carbonyl (C=O) groups excluding carboxylic acids is 3. The number of benzene rings is 4. The van der Waals surface area contributed by atoms with Crippen molar-refractivity contribution in [2.45, 2.75) is 39.0 Å². The lowest BCUT2D eigenvalue weighted by Gasteiger charge is -2.34. The summed E-state index contributed by atoms with van der Waals surface area (Å²) >= 11 is 0. The first-order valence-electron chi connectivity index (χ1n) is 17.2. The maximum atomic E-state index is 13.7. The summed E-state index contributed by atoms with van der Waals surface area (Å²) in [7, 11) is 1.99. The van der Waals surface area contributed by atoms with Crippen LogP contribution in [-0.4, -0.2) is 78.4 Å². The minimum Gasteiger partial charge on any atom is -0.488 e. The molecule has 13 heteroatoms. The highest BCUT2D eigenvalue weighted by Crippen LogP contribution is 2.34. The van der Waals surface area contributed by atoms with Crippen molar-refractivity contribution in [2.24, 2.45) is 5.92 Å². The topological polar surface area (TPSA) is 168 Å². The molecule has 3 atom stereocenters. The van der Waals surface area contributed by atoms with E-state index in [1.165, 1.54) is 0 Å². The SMILES string of the molecule is C[C@@H]1CN([C@@H](C)CO)C(=O)Cc2cc(NC(=O)Nc3ccc4c(c3)OCO4)ccc2O[C@@H]1CN(C)Cc1ccc(C(=O)Nc2ccccc2N)cc1. The molecule has 52 heavy (non-hydrogen) atoms. The Morgan fingerprint density at radius 1 is 0.942 bits per heavy atom. The van der Waals surface area contributed by atoms with Crippen LogP contribution in [0, 0.1) is 5.92 Å². The normalized spacial score (nSPS) is 17.2. The van der Waals surface area contributed by atoms with E-state index >= 15 is 0 Å². The number of amides is 4. The molecule has 4 amide bonds. The zero-order chi connectivity index (χ0) is 36.8. The molecule has 6 N–H and O–H groups in total. The van der Waals surface area contributed by atoms with Crippen LogP contribution in [0.4, 0.5) is 27.5 Å². The van der Waals surface area contributed by atoms with Crippen LogP contribution in [0.25, 0.3) is 0 Å². The van der Waals surface area contributed by atoms with Gasteiger partial charge in [0.05, 0.1) is 30.4 Å². The van der Waals surface area contributed by atoms with Crippen LogP contribution < -0.4 is 35.9 Å². The van der Waals surface area contributed by atoms with Gasteiger partial charge in [-0.3, -0.25) is 14.5 Å². The fraction of sp³-hybridized carbons (Fsp3) is 0.308. The van der Waals surface area contributed by atoms with Gasteiger partial charge in [-0.25, -0.2) is 4.79 Å². The summed E-state index contributed by atoms with van der Waals surface area (Å²) in [5.74, 6) is 1.23. The fourth-order valence-electron chi connectivity index (χ4n) is 6.24. The number of rotatable bonds is 10. The molecule has 0 aliphatic carbocycles. The van der Waals surface area contributed by atoms with Gasteiger partial charge in [-0.05, 0) is 74.1 Å². The number of aliphatic hydroxyl groups is 1. The van der Waals surface area contributed by atoms with E-state index in [1.807, 2.05) is 45.2 Å². The Morgan fingerprint density at radius 2 is 1.63 bits per heavy atom. The highest BCUT2D eigenvalue weighted by atomic mass is 16.7. The second-order valence-corrected chi connectivity index (χ2v) is 13.3. The van der Waals surface area contributed by atoms with Gasteiger partial charge in [-0.2, -0.15) is 0 Å². The van der Waals surface area contributed by atoms with E-state index in [2.05, 4.69) is 20.9 Å². The second kappa shape index (κ2) is 16.0. The number of nitrogen functional groups attached to an aromatic ring is 1. The molecule has 13 nitrogen and oxygen atoms in total. The molecule has 4 aromatic carbocycles. The summed E-state index contributed by atoms with van der Waals surface area (Å²) in [5.41, 5.74) is 10.2. The van der Waals surface area contributed by atoms with Gasteiger partial charge in [0, 0.05) is 54.1 Å². The Balaban J connectivity index is 1.14. The van der Waals surface area contributed by atoms with Crippen molar-refractivity contribution < 1.29 is 33.7 Å². The Hall–Kier alpha value is -5.79. The quantitative estimate of drug-likeness (QED) is 0.140. The lowest BCUT2D eigenvalue weighted by molar-refractivity contribution is -0.134. The Labute approximate surface area is 302 Å². The van der Waals surface area contributed by atoms with Gasteiger partial charge in [0.2, 0.25) is 12.7 Å². The smallest absolute Gasteiger partial charge is 0.323 e. The predicted octanol–water partition coefficient (Wildman–Crippen LogP) is 5.17. The number of nitrogens with one attached hydrogen (secondary N) is 3. The second-order valence-electron chi connectivity index (χ2n) is 13.3. The van der Waals surface area contributed by atoms with Crippen molar-refractivity contribution in [1.82, 2.24) is 9.80 Å². The first-order chi connectivity index (χ1) is 25.1. The van der Waals surface area contributed by atoms with Crippen LogP contribution in [0.5, 0.6) is 17.2 Å². The van der Waals surface area contributed by atoms with E-state index in [0.29, 0.717) is 70.8 Å². The molecule has 0 bridgehead atoms. The van der Waals surface area contributed by atoms with Crippen molar-refractivity contribution in [3.05, 3.63) is 102 Å². The van der Waals surface area contributed by atoms with Gasteiger partial charge >= 0.3 is 6.03 Å². The average molecular weight is 709 g/mol. The van der Waals surface area contributed by atoms with Crippen LogP contribution >= 0.6 is 0 Å². The first kappa shape index (κ1) is 36.0. The molecule has 0 fully saturated rings. The highest BCUT2D eigenvalue weighted by molar-refractivity contribution is 6.05. The van der Waals surface area contributed by atoms with E-state index in [9.17, 15) is 19.5 Å². The average Bonchev–Trinajstić information content (AvgIpc) is 3.61. The van der Waals surface area contributed by atoms with E-state index in [-0.39, 0.29) is 43.7 Å². The number of nitrogens with zero attached hydrogens (tertiary/aromatic N) is 2. The number of carbonyl (C=O) groups is 3. The summed E-state index contributed by atoms with van der Waals surface area (Å²) in [5, 5.41) is 18.5. The van der Waals surface area contributed by atoms with Gasteiger partial charge in [0.1, 0.15) is 11.9 Å². The summed E-state index contributed by atoms with van der Waals surface area (Å²) in [6, 6.07) is 24.1. The summed E-state index contributed by atoms with van der Waals surface area (Å²) < 4.78 is 17.4. The van der Waals surface area contributed by atoms with Gasteiger partial charge in [-0.1, -0.05) is 31.2 Å². The molecule has 0 aromatic heterocycles. The van der Waals surface area contributed by atoms with Crippen molar-refractivity contribution in [2.75, 3.05) is 55.2 Å². The number of hydrogen-bond donors (Lipinski definition) is 5. The van der Waals surface area contributed by atoms with Crippen molar-refractivity contribution in [3.8, 4) is 17.2 Å². The van der Waals surface area contributed by atoms with Gasteiger partial charge < -0.3 is 45.9 Å². The molecule has 4 aromatic rings. The number of para-hydroxylation sites is 2. The standard InChI is InChI=1S/C39H44N6O7/c1-24-19-45(25(2)22-46)37(47)17-28-16-29(41-39(49)42-30-13-15-34-35(18-30)51-23-50-34)12-14-33(28)52-36(24)21-44(3)20-26-8-10-27(11-9-26)38(48)43-32-7-5-4-6-31(32)40/h4-16,18,24-25,36,46H,17,19-23,40H2,1-3H3,(H,43,48)(H2,41,42,49)/t24-,25+,36-/m1/s1. The van der Waals surface area contributed by atoms with Crippen LogP contribution in [0.3, 0.4) is 0 Å². The number of fused-ring (bicyclic) bond motifs is 2. The van der Waals surface area contributed by atoms with Crippen molar-refractivity contribution in [3.63, 3.8) is 0 Å². The third-order valence-electron chi connectivity index (χ3n) is 9.17. The third-order valence-corrected chi connectivity index (χ3v) is 9.17. The molecular formula is C39H44N6O7. The molecule has 2 heterocycles. The minimum atomic E-state index is -0.465. The number of aliphatic hydroxyl groups excluding tert-OH is 1. The van der Waals surface area contributed by atoms with Crippen molar-refractivity contribution >= 4 is 40.6 Å². The maximum Gasteiger partial charge on any atom is 0.323 e. The maximum absolute atomic E-state index is 13.7. The lowest BCUT2D eigenvalue weighted by Crippen LogP contribution is -2.47. The molecule has 0 spiro atoms. The Kier molecular flexibility index (Phi) is 11.1. The number of ether oxygens (including phenoxy) is 3. The highest BCUT2D eigenvalue weighted by Gasteiger charge is 2.31. The molecule has 272 valence electrons. The van der Waals surface area contributed by atoms with Crippen LogP contribution in [0.2, 0.25) is 0 Å². The zero-order valence-electron chi connectivity index (χ0n) is 29.4. The molecule has 0 saturated heterocycles. The summed E-state index contributed by atoms with van der Waals surface area (Å²) in [4.78, 5) is 43.2. The van der Waals surface area contributed by atoms with Crippen molar-refractivity contribution in [1.29, 1.82) is 0 Å². The van der Waals surface area contributed by atoms with E-state index in [1.54, 1.807) is 65.6 Å². The van der Waals surface area contributed by atoms with Crippen LogP contribution in [0.15, 0.2) is 84.9 Å². The molecule has 0 saturated carbocycles. The molecule has 2 aliphatic heterocycles. The van der Waals surface area contributed by atoms with E-state index in [4.69, 9.17) is 19.9 Å². The molecule has 0 radical (unpaired) electrons. The van der Waals surface area contributed by atoms with E-state index < -0.39 is 12.1 Å². The number of nitrogens with two attached hydrogens (primary N) is 1. The third kappa shape index (κ3) is 8.74. The molecule has 6 rings (SSSR count). The minimum absolute atomic E-state index is 0.0328. The molecule has 2 aliphatic rings. The first-order valence-corrected chi connectivity index (χ1v) is 17.2. The van der Waals surface area contributed by atoms with Crippen LogP contribution in [0.1, 0.15) is 35.3 Å². The summed E-state index contributed by atoms with van der Waals surface area (Å²) in [6.45, 7) is 5.33. The van der Waals surface area contributed by atoms with Gasteiger partial charge in [0.15, 0.2) is 11.5 Å². The number of anilines is 4.